The Labute approximate surface area is 135 Å². The number of carboxylic acids is 1. The van der Waals surface area contributed by atoms with Gasteiger partial charge < -0.3 is 20.1 Å². The van der Waals surface area contributed by atoms with Crippen molar-refractivity contribution in [3.05, 3.63) is 35.9 Å². The van der Waals surface area contributed by atoms with Crippen LogP contribution in [0.3, 0.4) is 0 Å². The van der Waals surface area contributed by atoms with Crippen LogP contribution in [0.4, 0.5) is 4.79 Å². The van der Waals surface area contributed by atoms with Gasteiger partial charge in [-0.1, -0.05) is 44.2 Å². The van der Waals surface area contributed by atoms with Gasteiger partial charge in [-0.2, -0.15) is 0 Å². The highest BCUT2D eigenvalue weighted by atomic mass is 16.6. The molecule has 1 aromatic carbocycles. The van der Waals surface area contributed by atoms with Gasteiger partial charge in [0.2, 0.25) is 5.91 Å². The van der Waals surface area contributed by atoms with Gasteiger partial charge in [0.1, 0.15) is 19.2 Å². The monoisotopic (exact) mass is 322 g/mol. The molecule has 0 aliphatic heterocycles. The van der Waals surface area contributed by atoms with Crippen LogP contribution in [0.1, 0.15) is 19.4 Å². The second kappa shape index (κ2) is 8.77. The average Bonchev–Trinajstić information content (AvgIpc) is 2.50. The number of likely N-dealkylation sites (N-methyl/N-ethyl adjacent to an activating group) is 1. The first kappa shape index (κ1) is 18.5. The smallest absolute Gasteiger partial charge is 0.410 e. The lowest BCUT2D eigenvalue weighted by atomic mass is 10.1. The Hall–Kier alpha value is -2.57. The van der Waals surface area contributed by atoms with Crippen LogP contribution in [0.5, 0.6) is 0 Å². The summed E-state index contributed by atoms with van der Waals surface area (Å²) < 4.78 is 5.08. The van der Waals surface area contributed by atoms with Crippen LogP contribution < -0.4 is 5.32 Å². The zero-order valence-corrected chi connectivity index (χ0v) is 13.5. The van der Waals surface area contributed by atoms with E-state index in [1.54, 1.807) is 13.8 Å². The molecule has 0 fully saturated rings. The van der Waals surface area contributed by atoms with Gasteiger partial charge in [-0.15, -0.1) is 0 Å². The molecular weight excluding hydrogens is 300 g/mol. The Bertz CT molecular complexity index is 545. The van der Waals surface area contributed by atoms with Gasteiger partial charge in [0.25, 0.3) is 0 Å². The standard InChI is InChI=1S/C16H22N2O5/c1-11(2)14(15(20)21)17-13(19)9-18(3)16(22)23-10-12-7-5-4-6-8-12/h4-8,11,14H,9-10H2,1-3H3,(H,17,19)(H,20,21). The highest BCUT2D eigenvalue weighted by Gasteiger charge is 2.24. The minimum Gasteiger partial charge on any atom is -0.480 e. The Balaban J connectivity index is 2.44. The summed E-state index contributed by atoms with van der Waals surface area (Å²) in [6.45, 7) is 3.22. The molecule has 1 rings (SSSR count). The number of carbonyl (C=O) groups excluding carboxylic acids is 2. The topological polar surface area (TPSA) is 95.9 Å². The minimum atomic E-state index is -1.11. The lowest BCUT2D eigenvalue weighted by Crippen LogP contribution is -2.48. The third-order valence-corrected chi connectivity index (χ3v) is 3.15. The molecule has 0 heterocycles. The van der Waals surface area contributed by atoms with Crippen LogP contribution in [-0.2, 0) is 20.9 Å². The largest absolute Gasteiger partial charge is 0.480 e. The third-order valence-electron chi connectivity index (χ3n) is 3.15. The first-order valence-electron chi connectivity index (χ1n) is 7.25. The van der Waals surface area contributed by atoms with E-state index >= 15 is 0 Å². The molecule has 1 atom stereocenters. The third kappa shape index (κ3) is 6.37. The van der Waals surface area contributed by atoms with Crippen LogP contribution >= 0.6 is 0 Å². The summed E-state index contributed by atoms with van der Waals surface area (Å²) in [6.07, 6.45) is -0.652. The summed E-state index contributed by atoms with van der Waals surface area (Å²) in [5.41, 5.74) is 0.837. The number of nitrogens with one attached hydrogen (secondary N) is 1. The maximum atomic E-state index is 11.8. The number of aliphatic carboxylic acids is 1. The molecule has 0 spiro atoms. The second-order valence-electron chi connectivity index (χ2n) is 5.52. The van der Waals surface area contributed by atoms with Gasteiger partial charge in [0, 0.05) is 7.05 Å². The van der Waals surface area contributed by atoms with Crippen molar-refractivity contribution in [1.29, 1.82) is 0 Å². The maximum Gasteiger partial charge on any atom is 0.410 e. The van der Waals surface area contributed by atoms with Crippen molar-refractivity contribution in [2.24, 2.45) is 5.92 Å². The van der Waals surface area contributed by atoms with Gasteiger partial charge in [0.05, 0.1) is 0 Å². The summed E-state index contributed by atoms with van der Waals surface area (Å²) in [5, 5.41) is 11.4. The quantitative estimate of drug-likeness (QED) is 0.793. The average molecular weight is 322 g/mol. The molecule has 23 heavy (non-hydrogen) atoms. The fraction of sp³-hybridized carbons (Fsp3) is 0.438. The van der Waals surface area contributed by atoms with E-state index < -0.39 is 24.0 Å². The van der Waals surface area contributed by atoms with Crippen molar-refractivity contribution >= 4 is 18.0 Å². The van der Waals surface area contributed by atoms with Crippen molar-refractivity contribution in [2.45, 2.75) is 26.5 Å². The van der Waals surface area contributed by atoms with Gasteiger partial charge in [-0.05, 0) is 11.5 Å². The van der Waals surface area contributed by atoms with Crippen LogP contribution in [0.25, 0.3) is 0 Å². The van der Waals surface area contributed by atoms with E-state index in [1.807, 2.05) is 30.3 Å². The minimum absolute atomic E-state index is 0.107. The summed E-state index contributed by atoms with van der Waals surface area (Å²) in [7, 11) is 1.41. The summed E-state index contributed by atoms with van der Waals surface area (Å²) in [5.74, 6) is -1.92. The molecule has 126 valence electrons. The van der Waals surface area contributed by atoms with Crippen molar-refractivity contribution < 1.29 is 24.2 Å². The Morgan fingerprint density at radius 1 is 1.22 bits per heavy atom. The number of carbonyl (C=O) groups is 3. The fourth-order valence-electron chi connectivity index (χ4n) is 1.84. The van der Waals surface area contributed by atoms with E-state index in [0.717, 1.165) is 10.5 Å². The number of benzene rings is 1. The highest BCUT2D eigenvalue weighted by Crippen LogP contribution is 2.04. The number of hydrogen-bond donors (Lipinski definition) is 2. The Morgan fingerprint density at radius 3 is 2.35 bits per heavy atom. The predicted octanol–water partition coefficient (Wildman–Crippen LogP) is 1.48. The van der Waals surface area contributed by atoms with Gasteiger partial charge in [0.15, 0.2) is 0 Å². The van der Waals surface area contributed by atoms with Crippen LogP contribution in [0.15, 0.2) is 30.3 Å². The van der Waals surface area contributed by atoms with Crippen molar-refractivity contribution in [1.82, 2.24) is 10.2 Å². The van der Waals surface area contributed by atoms with Crippen LogP contribution in [-0.4, -0.2) is 47.6 Å². The molecule has 0 aromatic heterocycles. The highest BCUT2D eigenvalue weighted by molar-refractivity contribution is 5.86. The van der Waals surface area contributed by atoms with E-state index in [2.05, 4.69) is 5.32 Å². The molecule has 1 aromatic rings. The number of nitrogens with zero attached hydrogens (tertiary/aromatic N) is 1. The molecule has 0 saturated carbocycles. The van der Waals surface area contributed by atoms with E-state index in [-0.39, 0.29) is 19.1 Å². The summed E-state index contributed by atoms with van der Waals surface area (Å²) in [6, 6.07) is 8.17. The van der Waals surface area contributed by atoms with Crippen LogP contribution in [0, 0.1) is 5.92 Å². The SMILES string of the molecule is CC(C)C(NC(=O)CN(C)C(=O)OCc1ccccc1)C(=O)O. The van der Waals surface area contributed by atoms with E-state index in [9.17, 15) is 14.4 Å². The Kier molecular flexibility index (Phi) is 7.05. The van der Waals surface area contributed by atoms with E-state index in [1.165, 1.54) is 7.05 Å². The fourth-order valence-corrected chi connectivity index (χ4v) is 1.84. The molecule has 0 aliphatic carbocycles. The van der Waals surface area contributed by atoms with Gasteiger partial charge in [-0.3, -0.25) is 4.79 Å². The molecule has 2 amide bonds. The number of carboxylic acid groups (broad SMARTS) is 1. The number of rotatable bonds is 7. The zero-order valence-electron chi connectivity index (χ0n) is 13.5. The number of hydrogen-bond acceptors (Lipinski definition) is 4. The molecule has 0 radical (unpaired) electrons. The lowest BCUT2D eigenvalue weighted by Gasteiger charge is -2.21. The molecule has 2 N–H and O–H groups in total. The first-order chi connectivity index (χ1) is 10.8. The molecule has 0 bridgehead atoms. The van der Waals surface area contributed by atoms with Gasteiger partial charge in [-0.25, -0.2) is 9.59 Å². The van der Waals surface area contributed by atoms with Crippen molar-refractivity contribution in [2.75, 3.05) is 13.6 Å². The molecule has 0 aliphatic rings. The second-order valence-corrected chi connectivity index (χ2v) is 5.52. The molecule has 0 saturated heterocycles. The number of ether oxygens (including phenoxy) is 1. The molecule has 7 nitrogen and oxygen atoms in total. The van der Waals surface area contributed by atoms with Crippen LogP contribution in [0.2, 0.25) is 0 Å². The molecule has 7 heteroatoms. The lowest BCUT2D eigenvalue weighted by molar-refractivity contribution is -0.143. The van der Waals surface area contributed by atoms with Crippen molar-refractivity contribution in [3.63, 3.8) is 0 Å². The zero-order chi connectivity index (χ0) is 17.4. The number of amides is 2. The van der Waals surface area contributed by atoms with E-state index in [4.69, 9.17) is 9.84 Å². The summed E-state index contributed by atoms with van der Waals surface area (Å²) >= 11 is 0. The van der Waals surface area contributed by atoms with Gasteiger partial charge >= 0.3 is 12.1 Å². The normalized spacial score (nSPS) is 11.7. The first-order valence-corrected chi connectivity index (χ1v) is 7.25. The predicted molar refractivity (Wildman–Crippen MR) is 83.7 cm³/mol. The maximum absolute atomic E-state index is 11.8. The van der Waals surface area contributed by atoms with E-state index in [0.29, 0.717) is 0 Å². The molecule has 1 unspecified atom stereocenters. The summed E-state index contributed by atoms with van der Waals surface area (Å²) in [4.78, 5) is 35.8. The van der Waals surface area contributed by atoms with Crippen molar-refractivity contribution in [3.8, 4) is 0 Å². The Morgan fingerprint density at radius 2 is 1.83 bits per heavy atom. The molecular formula is C16H22N2O5.